The fourth-order valence-corrected chi connectivity index (χ4v) is 3.27. The van der Waals surface area contributed by atoms with Gasteiger partial charge in [0.15, 0.2) is 0 Å². The SMILES string of the molecule is Cc1ccccc1CNC(=O)[C@@H]1CCC(=O)N(Cc2cccc(F)c2)C1. The van der Waals surface area contributed by atoms with E-state index in [0.29, 0.717) is 32.5 Å². The van der Waals surface area contributed by atoms with Gasteiger partial charge >= 0.3 is 0 Å². The molecule has 1 heterocycles. The summed E-state index contributed by atoms with van der Waals surface area (Å²) < 4.78 is 13.4. The zero-order valence-corrected chi connectivity index (χ0v) is 14.9. The van der Waals surface area contributed by atoms with Crippen molar-refractivity contribution in [3.8, 4) is 0 Å². The van der Waals surface area contributed by atoms with E-state index in [0.717, 1.165) is 16.7 Å². The Morgan fingerprint density at radius 1 is 1.23 bits per heavy atom. The molecule has 0 saturated carbocycles. The highest BCUT2D eigenvalue weighted by Crippen LogP contribution is 2.20. The number of halogens is 1. The highest BCUT2D eigenvalue weighted by molar-refractivity contribution is 5.83. The first-order valence-electron chi connectivity index (χ1n) is 8.87. The van der Waals surface area contributed by atoms with Gasteiger partial charge in [-0.15, -0.1) is 0 Å². The summed E-state index contributed by atoms with van der Waals surface area (Å²) in [7, 11) is 0. The molecule has 26 heavy (non-hydrogen) atoms. The number of aryl methyl sites for hydroxylation is 1. The lowest BCUT2D eigenvalue weighted by Crippen LogP contribution is -2.45. The Morgan fingerprint density at radius 3 is 2.81 bits per heavy atom. The molecular formula is C21H23FN2O2. The second-order valence-corrected chi connectivity index (χ2v) is 6.78. The molecule has 2 aromatic rings. The molecule has 0 radical (unpaired) electrons. The van der Waals surface area contributed by atoms with Gasteiger partial charge in [-0.05, 0) is 42.2 Å². The van der Waals surface area contributed by atoms with Crippen molar-refractivity contribution < 1.29 is 14.0 Å². The maximum Gasteiger partial charge on any atom is 0.225 e. The van der Waals surface area contributed by atoms with Gasteiger partial charge in [0.05, 0.1) is 5.92 Å². The van der Waals surface area contributed by atoms with E-state index in [9.17, 15) is 14.0 Å². The standard InChI is InChI=1S/C21H23FN2O2/c1-15-5-2-3-7-17(15)12-23-21(26)18-9-10-20(25)24(14-18)13-16-6-4-8-19(22)11-16/h2-8,11,18H,9-10,12-14H2,1H3,(H,23,26)/t18-/m1/s1. The molecule has 4 nitrogen and oxygen atoms in total. The number of likely N-dealkylation sites (tertiary alicyclic amines) is 1. The number of carbonyl (C=O) groups excluding carboxylic acids is 2. The molecule has 0 bridgehead atoms. The monoisotopic (exact) mass is 354 g/mol. The molecule has 1 aliphatic rings. The first-order valence-corrected chi connectivity index (χ1v) is 8.87. The van der Waals surface area contributed by atoms with E-state index < -0.39 is 0 Å². The van der Waals surface area contributed by atoms with E-state index in [4.69, 9.17) is 0 Å². The maximum absolute atomic E-state index is 13.4. The topological polar surface area (TPSA) is 49.4 Å². The fraction of sp³-hybridized carbons (Fsp3) is 0.333. The van der Waals surface area contributed by atoms with Gasteiger partial charge in [-0.1, -0.05) is 36.4 Å². The number of amides is 2. The van der Waals surface area contributed by atoms with Crippen LogP contribution in [0.1, 0.15) is 29.5 Å². The Hall–Kier alpha value is -2.69. The summed E-state index contributed by atoms with van der Waals surface area (Å²) in [6, 6.07) is 14.2. The predicted octanol–water partition coefficient (Wildman–Crippen LogP) is 3.19. The van der Waals surface area contributed by atoms with Crippen LogP contribution in [-0.2, 0) is 22.7 Å². The molecule has 136 valence electrons. The van der Waals surface area contributed by atoms with Gasteiger partial charge in [-0.25, -0.2) is 4.39 Å². The number of nitrogens with zero attached hydrogens (tertiary/aromatic N) is 1. The van der Waals surface area contributed by atoms with Crippen molar-refractivity contribution >= 4 is 11.8 Å². The predicted molar refractivity (Wildman–Crippen MR) is 97.6 cm³/mol. The van der Waals surface area contributed by atoms with Crippen LogP contribution in [0.5, 0.6) is 0 Å². The molecule has 1 aliphatic heterocycles. The summed E-state index contributed by atoms with van der Waals surface area (Å²) in [4.78, 5) is 26.4. The third-order valence-corrected chi connectivity index (χ3v) is 4.85. The maximum atomic E-state index is 13.4. The number of benzene rings is 2. The molecule has 1 N–H and O–H groups in total. The second-order valence-electron chi connectivity index (χ2n) is 6.78. The first-order chi connectivity index (χ1) is 12.5. The molecular weight excluding hydrogens is 331 g/mol. The number of hydrogen-bond acceptors (Lipinski definition) is 2. The molecule has 1 atom stereocenters. The molecule has 0 aromatic heterocycles. The number of nitrogens with one attached hydrogen (secondary N) is 1. The zero-order chi connectivity index (χ0) is 18.5. The van der Waals surface area contributed by atoms with Crippen LogP contribution in [0, 0.1) is 18.7 Å². The summed E-state index contributed by atoms with van der Waals surface area (Å²) in [5, 5.41) is 2.98. The van der Waals surface area contributed by atoms with Crippen molar-refractivity contribution in [1.29, 1.82) is 0 Å². The molecule has 3 rings (SSSR count). The number of carbonyl (C=O) groups is 2. The average molecular weight is 354 g/mol. The summed E-state index contributed by atoms with van der Waals surface area (Å²) in [6.45, 7) is 3.20. The molecule has 0 spiro atoms. The van der Waals surface area contributed by atoms with E-state index in [2.05, 4.69) is 5.32 Å². The van der Waals surface area contributed by atoms with Crippen LogP contribution in [0.15, 0.2) is 48.5 Å². The average Bonchev–Trinajstić information content (AvgIpc) is 2.63. The largest absolute Gasteiger partial charge is 0.352 e. The summed E-state index contributed by atoms with van der Waals surface area (Å²) in [5.41, 5.74) is 2.96. The van der Waals surface area contributed by atoms with E-state index >= 15 is 0 Å². The van der Waals surface area contributed by atoms with Crippen molar-refractivity contribution in [2.24, 2.45) is 5.92 Å². The second kappa shape index (κ2) is 8.13. The molecule has 0 aliphatic carbocycles. The number of hydrogen-bond donors (Lipinski definition) is 1. The molecule has 2 aromatic carbocycles. The summed E-state index contributed by atoms with van der Waals surface area (Å²) >= 11 is 0. The normalized spacial score (nSPS) is 17.2. The molecule has 1 saturated heterocycles. The Bertz CT molecular complexity index is 806. The minimum absolute atomic E-state index is 0.0113. The van der Waals surface area contributed by atoms with Crippen molar-refractivity contribution in [2.75, 3.05) is 6.54 Å². The number of piperidine rings is 1. The van der Waals surface area contributed by atoms with Crippen LogP contribution in [0.2, 0.25) is 0 Å². The van der Waals surface area contributed by atoms with Crippen molar-refractivity contribution in [3.63, 3.8) is 0 Å². The van der Waals surface area contributed by atoms with Crippen LogP contribution in [0.3, 0.4) is 0 Å². The van der Waals surface area contributed by atoms with Crippen molar-refractivity contribution in [2.45, 2.75) is 32.9 Å². The highest BCUT2D eigenvalue weighted by atomic mass is 19.1. The zero-order valence-electron chi connectivity index (χ0n) is 14.9. The van der Waals surface area contributed by atoms with Crippen LogP contribution in [0.4, 0.5) is 4.39 Å². The van der Waals surface area contributed by atoms with Crippen LogP contribution >= 0.6 is 0 Å². The smallest absolute Gasteiger partial charge is 0.225 e. The minimum Gasteiger partial charge on any atom is -0.352 e. The number of rotatable bonds is 5. The Balaban J connectivity index is 1.59. The van der Waals surface area contributed by atoms with Crippen LogP contribution < -0.4 is 5.32 Å². The van der Waals surface area contributed by atoms with E-state index in [1.807, 2.05) is 31.2 Å². The van der Waals surface area contributed by atoms with Gasteiger partial charge in [0, 0.05) is 26.1 Å². The molecule has 2 amide bonds. The van der Waals surface area contributed by atoms with Crippen molar-refractivity contribution in [3.05, 3.63) is 71.0 Å². The Morgan fingerprint density at radius 2 is 2.04 bits per heavy atom. The third-order valence-electron chi connectivity index (χ3n) is 4.85. The van der Waals surface area contributed by atoms with Gasteiger partial charge in [-0.3, -0.25) is 9.59 Å². The lowest BCUT2D eigenvalue weighted by molar-refractivity contribution is -0.139. The molecule has 1 fully saturated rings. The van der Waals surface area contributed by atoms with Gasteiger partial charge in [0.1, 0.15) is 5.82 Å². The Labute approximate surface area is 153 Å². The minimum atomic E-state index is -0.320. The lowest BCUT2D eigenvalue weighted by atomic mass is 9.96. The van der Waals surface area contributed by atoms with E-state index in [1.54, 1.807) is 17.0 Å². The van der Waals surface area contributed by atoms with Crippen molar-refractivity contribution in [1.82, 2.24) is 10.2 Å². The first kappa shape index (κ1) is 18.1. The summed E-state index contributed by atoms with van der Waals surface area (Å²) in [6.07, 6.45) is 0.899. The fourth-order valence-electron chi connectivity index (χ4n) is 3.27. The third kappa shape index (κ3) is 4.48. The van der Waals surface area contributed by atoms with Gasteiger partial charge in [-0.2, -0.15) is 0 Å². The highest BCUT2D eigenvalue weighted by Gasteiger charge is 2.30. The van der Waals surface area contributed by atoms with Gasteiger partial charge in [0.25, 0.3) is 0 Å². The van der Waals surface area contributed by atoms with Gasteiger partial charge in [0.2, 0.25) is 11.8 Å². The van der Waals surface area contributed by atoms with E-state index in [-0.39, 0.29) is 23.5 Å². The van der Waals surface area contributed by atoms with Crippen LogP contribution in [-0.4, -0.2) is 23.3 Å². The molecule has 0 unspecified atom stereocenters. The summed E-state index contributed by atoms with van der Waals surface area (Å²) in [5.74, 6) is -0.577. The quantitative estimate of drug-likeness (QED) is 0.896. The van der Waals surface area contributed by atoms with Crippen LogP contribution in [0.25, 0.3) is 0 Å². The molecule has 5 heteroatoms. The Kier molecular flexibility index (Phi) is 5.66. The van der Waals surface area contributed by atoms with E-state index in [1.165, 1.54) is 12.1 Å². The van der Waals surface area contributed by atoms with Gasteiger partial charge < -0.3 is 10.2 Å². The lowest BCUT2D eigenvalue weighted by Gasteiger charge is -2.32.